The van der Waals surface area contributed by atoms with Crippen LogP contribution in [0.2, 0.25) is 5.02 Å². The Balaban J connectivity index is 1.87. The summed E-state index contributed by atoms with van der Waals surface area (Å²) >= 11 is 5.94. The van der Waals surface area contributed by atoms with Crippen LogP contribution in [-0.2, 0) is 6.54 Å². The molecule has 118 valence electrons. The molecule has 4 heteroatoms. The first kappa shape index (κ1) is 15.9. The number of fused-ring (bicyclic) bond motifs is 1. The van der Waals surface area contributed by atoms with Gasteiger partial charge in [0.25, 0.3) is 0 Å². The van der Waals surface area contributed by atoms with Crippen LogP contribution < -0.4 is 0 Å². The molecule has 0 amide bonds. The lowest BCUT2D eigenvalue weighted by Gasteiger charge is -2.25. The van der Waals surface area contributed by atoms with E-state index in [1.54, 1.807) is 12.3 Å². The Morgan fingerprint density at radius 1 is 1.17 bits per heavy atom. The predicted octanol–water partition coefficient (Wildman–Crippen LogP) is 5.22. The van der Waals surface area contributed by atoms with Crippen LogP contribution in [0.4, 0.5) is 4.39 Å². The summed E-state index contributed by atoms with van der Waals surface area (Å²) in [5.74, 6) is -0.229. The van der Waals surface area contributed by atoms with E-state index in [-0.39, 0.29) is 11.9 Å². The highest BCUT2D eigenvalue weighted by molar-refractivity contribution is 6.30. The zero-order valence-electron chi connectivity index (χ0n) is 13.1. The minimum Gasteiger partial charge on any atom is -0.295 e. The van der Waals surface area contributed by atoms with Crippen LogP contribution in [0, 0.1) is 5.82 Å². The van der Waals surface area contributed by atoms with Crippen LogP contribution in [-0.4, -0.2) is 16.9 Å². The van der Waals surface area contributed by atoms with Gasteiger partial charge < -0.3 is 0 Å². The Bertz CT molecular complexity index is 817. The summed E-state index contributed by atoms with van der Waals surface area (Å²) in [5.41, 5.74) is 2.92. The topological polar surface area (TPSA) is 16.1 Å². The highest BCUT2D eigenvalue weighted by atomic mass is 35.5. The lowest BCUT2D eigenvalue weighted by Crippen LogP contribution is -2.22. The standard InChI is InChI=1S/C19H18ClFN2/c1-13(14-5-7-17(20)8-6-14)23(2)12-16-11-18(21)10-15-4-3-9-22-19(15)16/h3-11,13H,12H2,1-2H3. The van der Waals surface area contributed by atoms with E-state index in [0.29, 0.717) is 6.54 Å². The first-order valence-corrected chi connectivity index (χ1v) is 7.91. The van der Waals surface area contributed by atoms with Gasteiger partial charge >= 0.3 is 0 Å². The number of nitrogens with zero attached hydrogens (tertiary/aromatic N) is 2. The van der Waals surface area contributed by atoms with Gasteiger partial charge in [-0.3, -0.25) is 9.88 Å². The summed E-state index contributed by atoms with van der Waals surface area (Å²) in [4.78, 5) is 6.58. The third-order valence-corrected chi connectivity index (χ3v) is 4.43. The SMILES string of the molecule is CC(c1ccc(Cl)cc1)N(C)Cc1cc(F)cc2cccnc12. The van der Waals surface area contributed by atoms with Gasteiger partial charge in [-0.1, -0.05) is 29.8 Å². The fourth-order valence-electron chi connectivity index (χ4n) is 2.75. The summed E-state index contributed by atoms with van der Waals surface area (Å²) < 4.78 is 13.9. The van der Waals surface area contributed by atoms with Crippen molar-refractivity contribution < 1.29 is 4.39 Å². The molecule has 0 fully saturated rings. The lowest BCUT2D eigenvalue weighted by molar-refractivity contribution is 0.253. The average molecular weight is 329 g/mol. The third kappa shape index (κ3) is 3.52. The van der Waals surface area contributed by atoms with E-state index in [1.807, 2.05) is 43.4 Å². The molecule has 0 bridgehead atoms. The third-order valence-electron chi connectivity index (χ3n) is 4.18. The van der Waals surface area contributed by atoms with Gasteiger partial charge in [-0.05, 0) is 55.4 Å². The number of aromatic nitrogens is 1. The first-order chi connectivity index (χ1) is 11.0. The molecule has 0 aliphatic heterocycles. The van der Waals surface area contributed by atoms with Crippen molar-refractivity contribution in [2.75, 3.05) is 7.05 Å². The molecule has 0 aliphatic rings. The van der Waals surface area contributed by atoms with Crippen LogP contribution in [0.1, 0.15) is 24.1 Å². The monoisotopic (exact) mass is 328 g/mol. The molecule has 1 heterocycles. The van der Waals surface area contributed by atoms with Crippen molar-refractivity contribution in [1.82, 2.24) is 9.88 Å². The molecule has 0 radical (unpaired) electrons. The molecule has 0 spiro atoms. The summed E-state index contributed by atoms with van der Waals surface area (Å²) in [6.45, 7) is 2.74. The minimum atomic E-state index is -0.229. The summed E-state index contributed by atoms with van der Waals surface area (Å²) in [6.07, 6.45) is 1.74. The van der Waals surface area contributed by atoms with E-state index in [1.165, 1.54) is 11.6 Å². The summed E-state index contributed by atoms with van der Waals surface area (Å²) in [5, 5.41) is 1.55. The zero-order valence-corrected chi connectivity index (χ0v) is 13.9. The molecule has 0 saturated carbocycles. The zero-order chi connectivity index (χ0) is 16.4. The molecule has 2 aromatic carbocycles. The molecule has 3 rings (SSSR count). The van der Waals surface area contributed by atoms with Gasteiger partial charge in [0.1, 0.15) is 5.82 Å². The van der Waals surface area contributed by atoms with Crippen molar-refractivity contribution in [1.29, 1.82) is 0 Å². The van der Waals surface area contributed by atoms with Crippen molar-refractivity contribution in [2.24, 2.45) is 0 Å². The molecular formula is C19H18ClFN2. The van der Waals surface area contributed by atoms with Gasteiger partial charge in [-0.2, -0.15) is 0 Å². The van der Waals surface area contributed by atoms with E-state index < -0.39 is 0 Å². The first-order valence-electron chi connectivity index (χ1n) is 7.53. The van der Waals surface area contributed by atoms with Crippen LogP contribution in [0.5, 0.6) is 0 Å². The van der Waals surface area contributed by atoms with E-state index in [0.717, 1.165) is 21.5 Å². The molecule has 23 heavy (non-hydrogen) atoms. The van der Waals surface area contributed by atoms with E-state index in [2.05, 4.69) is 16.8 Å². The van der Waals surface area contributed by atoms with Crippen molar-refractivity contribution >= 4 is 22.5 Å². The van der Waals surface area contributed by atoms with Crippen LogP contribution in [0.25, 0.3) is 10.9 Å². The van der Waals surface area contributed by atoms with Crippen LogP contribution >= 0.6 is 11.6 Å². The molecule has 1 aromatic heterocycles. The lowest BCUT2D eigenvalue weighted by atomic mass is 10.1. The Kier molecular flexibility index (Phi) is 4.60. The van der Waals surface area contributed by atoms with Crippen molar-refractivity contribution in [3.8, 4) is 0 Å². The van der Waals surface area contributed by atoms with Gasteiger partial charge in [0.15, 0.2) is 0 Å². The van der Waals surface area contributed by atoms with Gasteiger partial charge in [0.05, 0.1) is 5.52 Å². The number of hydrogen-bond acceptors (Lipinski definition) is 2. The molecule has 0 N–H and O–H groups in total. The summed E-state index contributed by atoms with van der Waals surface area (Å²) in [6, 6.07) is 14.8. The average Bonchev–Trinajstić information content (AvgIpc) is 2.54. The molecular weight excluding hydrogens is 311 g/mol. The second-order valence-electron chi connectivity index (χ2n) is 5.78. The minimum absolute atomic E-state index is 0.189. The Labute approximate surface area is 140 Å². The van der Waals surface area contributed by atoms with E-state index >= 15 is 0 Å². The normalized spacial score (nSPS) is 12.7. The smallest absolute Gasteiger partial charge is 0.124 e. The largest absolute Gasteiger partial charge is 0.295 e. The number of hydrogen-bond donors (Lipinski definition) is 0. The van der Waals surface area contributed by atoms with Gasteiger partial charge in [0, 0.05) is 29.2 Å². The van der Waals surface area contributed by atoms with Gasteiger partial charge in [-0.25, -0.2) is 4.39 Å². The van der Waals surface area contributed by atoms with Crippen LogP contribution in [0.3, 0.4) is 0 Å². The summed E-state index contributed by atoms with van der Waals surface area (Å²) in [7, 11) is 2.03. The maximum absolute atomic E-state index is 13.9. The number of halogens is 2. The van der Waals surface area contributed by atoms with Gasteiger partial charge in [-0.15, -0.1) is 0 Å². The molecule has 0 aliphatic carbocycles. The fourth-order valence-corrected chi connectivity index (χ4v) is 2.88. The fraction of sp³-hybridized carbons (Fsp3) is 0.211. The van der Waals surface area contributed by atoms with Crippen molar-refractivity contribution in [3.05, 3.63) is 76.7 Å². The van der Waals surface area contributed by atoms with Crippen molar-refractivity contribution in [2.45, 2.75) is 19.5 Å². The molecule has 2 nitrogen and oxygen atoms in total. The second-order valence-corrected chi connectivity index (χ2v) is 6.22. The highest BCUT2D eigenvalue weighted by Gasteiger charge is 2.14. The van der Waals surface area contributed by atoms with Gasteiger partial charge in [0.2, 0.25) is 0 Å². The Morgan fingerprint density at radius 3 is 2.65 bits per heavy atom. The number of pyridine rings is 1. The molecule has 1 unspecified atom stereocenters. The number of benzene rings is 2. The molecule has 3 aromatic rings. The Hall–Kier alpha value is -1.97. The highest BCUT2D eigenvalue weighted by Crippen LogP contribution is 2.25. The maximum Gasteiger partial charge on any atom is 0.124 e. The maximum atomic E-state index is 13.9. The Morgan fingerprint density at radius 2 is 1.91 bits per heavy atom. The quantitative estimate of drug-likeness (QED) is 0.652. The van der Waals surface area contributed by atoms with E-state index in [9.17, 15) is 4.39 Å². The predicted molar refractivity (Wildman–Crippen MR) is 93.0 cm³/mol. The van der Waals surface area contributed by atoms with Crippen molar-refractivity contribution in [3.63, 3.8) is 0 Å². The second kappa shape index (κ2) is 6.65. The molecule has 1 atom stereocenters. The van der Waals surface area contributed by atoms with E-state index in [4.69, 9.17) is 11.6 Å². The number of rotatable bonds is 4. The van der Waals surface area contributed by atoms with Crippen LogP contribution in [0.15, 0.2) is 54.7 Å². The molecule has 0 saturated heterocycles.